The molecule has 1 aromatic carbocycles. The van der Waals surface area contributed by atoms with E-state index in [9.17, 15) is 0 Å². The van der Waals surface area contributed by atoms with Crippen LogP contribution in [-0.2, 0) is 0 Å². The first kappa shape index (κ1) is 8.37. The molecule has 1 N–H and O–H groups in total. The summed E-state index contributed by atoms with van der Waals surface area (Å²) in [4.78, 5) is 0. The Morgan fingerprint density at radius 2 is 2.27 bits per heavy atom. The van der Waals surface area contributed by atoms with Crippen LogP contribution in [0.5, 0.6) is 5.75 Å². The Labute approximate surface area is 70.4 Å². The van der Waals surface area contributed by atoms with Crippen molar-refractivity contribution in [3.05, 3.63) is 29.8 Å². The van der Waals surface area contributed by atoms with E-state index in [0.717, 1.165) is 0 Å². The van der Waals surface area contributed by atoms with Gasteiger partial charge in [0.05, 0.1) is 7.11 Å². The maximum absolute atomic E-state index is 8.95. The minimum absolute atomic E-state index is 0.644. The van der Waals surface area contributed by atoms with Crippen molar-refractivity contribution in [3.63, 3.8) is 0 Å². The highest BCUT2D eigenvalue weighted by atomic mass is 35.5. The largest absolute Gasteiger partial charge is 0.497 e. The van der Waals surface area contributed by atoms with Crippen LogP contribution in [-0.4, -0.2) is 12.2 Å². The standard InChI is InChI=1S/C8H9ClO2/c1-11-7-4-2-3-6(5-7)8(9)10/h2-5,8,10H,1H3. The van der Waals surface area contributed by atoms with E-state index in [-0.39, 0.29) is 0 Å². The van der Waals surface area contributed by atoms with E-state index in [1.165, 1.54) is 0 Å². The van der Waals surface area contributed by atoms with E-state index in [4.69, 9.17) is 21.4 Å². The second-order valence-electron chi connectivity index (χ2n) is 2.11. The van der Waals surface area contributed by atoms with Crippen LogP contribution in [0.1, 0.15) is 11.1 Å². The molecule has 0 aliphatic heterocycles. The molecule has 0 amide bonds. The third-order valence-corrected chi connectivity index (χ3v) is 1.62. The third-order valence-electron chi connectivity index (χ3n) is 1.37. The highest BCUT2D eigenvalue weighted by molar-refractivity contribution is 6.19. The summed E-state index contributed by atoms with van der Waals surface area (Å²) in [7, 11) is 1.57. The average molecular weight is 173 g/mol. The molecule has 0 aliphatic rings. The number of ether oxygens (including phenoxy) is 1. The summed E-state index contributed by atoms with van der Waals surface area (Å²) in [6, 6.07) is 7.00. The maximum atomic E-state index is 8.95. The smallest absolute Gasteiger partial charge is 0.153 e. The van der Waals surface area contributed by atoms with Gasteiger partial charge in [-0.3, -0.25) is 0 Å². The zero-order valence-corrected chi connectivity index (χ0v) is 6.88. The molecule has 1 aromatic rings. The van der Waals surface area contributed by atoms with Gasteiger partial charge in [-0.05, 0) is 17.7 Å². The number of aliphatic hydroxyl groups is 1. The molecule has 3 heteroatoms. The Morgan fingerprint density at radius 1 is 1.55 bits per heavy atom. The zero-order chi connectivity index (χ0) is 8.27. The second kappa shape index (κ2) is 3.60. The number of hydrogen-bond donors (Lipinski definition) is 1. The second-order valence-corrected chi connectivity index (χ2v) is 2.53. The summed E-state index contributed by atoms with van der Waals surface area (Å²) < 4.78 is 4.94. The molecule has 0 aliphatic carbocycles. The minimum Gasteiger partial charge on any atom is -0.497 e. The Morgan fingerprint density at radius 3 is 2.82 bits per heavy atom. The number of alkyl halides is 1. The summed E-state index contributed by atoms with van der Waals surface area (Å²) in [6.45, 7) is 0. The van der Waals surface area contributed by atoms with Gasteiger partial charge >= 0.3 is 0 Å². The van der Waals surface area contributed by atoms with Crippen LogP contribution in [0, 0.1) is 0 Å². The molecule has 0 heterocycles. The number of hydrogen-bond acceptors (Lipinski definition) is 2. The van der Waals surface area contributed by atoms with Crippen LogP contribution in [0.4, 0.5) is 0 Å². The molecule has 60 valence electrons. The van der Waals surface area contributed by atoms with E-state index in [1.807, 2.05) is 0 Å². The van der Waals surface area contributed by atoms with E-state index >= 15 is 0 Å². The lowest BCUT2D eigenvalue weighted by Gasteiger charge is -2.04. The number of aliphatic hydroxyl groups excluding tert-OH is 1. The van der Waals surface area contributed by atoms with Gasteiger partial charge in [-0.25, -0.2) is 0 Å². The molecular formula is C8H9ClO2. The average Bonchev–Trinajstić information content (AvgIpc) is 2.05. The fourth-order valence-corrected chi connectivity index (χ4v) is 0.925. The fourth-order valence-electron chi connectivity index (χ4n) is 0.790. The lowest BCUT2D eigenvalue weighted by atomic mass is 10.2. The van der Waals surface area contributed by atoms with Gasteiger partial charge in [0.15, 0.2) is 5.56 Å². The van der Waals surface area contributed by atoms with E-state index in [0.29, 0.717) is 11.3 Å². The number of rotatable bonds is 2. The normalized spacial score (nSPS) is 12.6. The van der Waals surface area contributed by atoms with Gasteiger partial charge in [-0.15, -0.1) is 0 Å². The van der Waals surface area contributed by atoms with Crippen molar-refractivity contribution in [2.45, 2.75) is 5.56 Å². The molecular weight excluding hydrogens is 164 g/mol. The predicted octanol–water partition coefficient (Wildman–Crippen LogP) is 1.92. The van der Waals surface area contributed by atoms with Crippen LogP contribution < -0.4 is 4.74 Å². The third kappa shape index (κ3) is 2.10. The number of benzene rings is 1. The molecule has 1 atom stereocenters. The van der Waals surface area contributed by atoms with Crippen LogP contribution in [0.15, 0.2) is 24.3 Å². The molecule has 0 bridgehead atoms. The van der Waals surface area contributed by atoms with E-state index in [1.54, 1.807) is 31.4 Å². The molecule has 0 fully saturated rings. The summed E-state index contributed by atoms with van der Waals surface area (Å²) in [5, 5.41) is 8.95. The molecule has 0 spiro atoms. The summed E-state index contributed by atoms with van der Waals surface area (Å²) in [5.74, 6) is 0.696. The van der Waals surface area contributed by atoms with Gasteiger partial charge in [0.1, 0.15) is 5.75 Å². The monoisotopic (exact) mass is 172 g/mol. The Kier molecular flexibility index (Phi) is 2.74. The Balaban J connectivity index is 2.91. The number of methoxy groups -OCH3 is 1. The maximum Gasteiger partial charge on any atom is 0.153 e. The van der Waals surface area contributed by atoms with Crippen LogP contribution in [0.3, 0.4) is 0 Å². The van der Waals surface area contributed by atoms with Crippen molar-refractivity contribution in [1.29, 1.82) is 0 Å². The molecule has 1 rings (SSSR count). The molecule has 0 saturated heterocycles. The predicted molar refractivity (Wildman–Crippen MR) is 43.8 cm³/mol. The summed E-state index contributed by atoms with van der Waals surface area (Å²) in [6.07, 6.45) is 0. The first-order valence-corrected chi connectivity index (χ1v) is 3.64. The van der Waals surface area contributed by atoms with Crippen molar-refractivity contribution in [2.75, 3.05) is 7.11 Å². The highest BCUT2D eigenvalue weighted by Crippen LogP contribution is 2.20. The van der Waals surface area contributed by atoms with Crippen LogP contribution in [0.25, 0.3) is 0 Å². The first-order valence-electron chi connectivity index (χ1n) is 3.20. The molecule has 11 heavy (non-hydrogen) atoms. The van der Waals surface area contributed by atoms with Crippen molar-refractivity contribution in [2.24, 2.45) is 0 Å². The summed E-state index contributed by atoms with van der Waals surface area (Å²) >= 11 is 5.43. The summed E-state index contributed by atoms with van der Waals surface area (Å²) in [5.41, 5.74) is -0.309. The lowest BCUT2D eigenvalue weighted by Crippen LogP contribution is -1.89. The van der Waals surface area contributed by atoms with Gasteiger partial charge in [0, 0.05) is 0 Å². The van der Waals surface area contributed by atoms with E-state index in [2.05, 4.69) is 0 Å². The van der Waals surface area contributed by atoms with Crippen molar-refractivity contribution < 1.29 is 9.84 Å². The SMILES string of the molecule is COc1cccc(C(O)Cl)c1. The van der Waals surface area contributed by atoms with Gasteiger partial charge in [0.25, 0.3) is 0 Å². The fraction of sp³-hybridized carbons (Fsp3) is 0.250. The van der Waals surface area contributed by atoms with Gasteiger partial charge < -0.3 is 9.84 Å². The molecule has 0 radical (unpaired) electrons. The van der Waals surface area contributed by atoms with Crippen LogP contribution >= 0.6 is 11.6 Å². The number of halogens is 1. The Bertz CT molecular complexity index is 235. The van der Waals surface area contributed by atoms with Gasteiger partial charge in [0.2, 0.25) is 0 Å². The lowest BCUT2D eigenvalue weighted by molar-refractivity contribution is 0.262. The van der Waals surface area contributed by atoms with Crippen LogP contribution in [0.2, 0.25) is 0 Å². The minimum atomic E-state index is -0.954. The molecule has 1 unspecified atom stereocenters. The molecule has 2 nitrogen and oxygen atoms in total. The molecule has 0 aromatic heterocycles. The van der Waals surface area contributed by atoms with Gasteiger partial charge in [-0.1, -0.05) is 23.7 Å². The quantitative estimate of drug-likeness (QED) is 0.691. The zero-order valence-electron chi connectivity index (χ0n) is 6.12. The van der Waals surface area contributed by atoms with Crippen molar-refractivity contribution >= 4 is 11.6 Å². The topological polar surface area (TPSA) is 29.5 Å². The van der Waals surface area contributed by atoms with Crippen molar-refractivity contribution in [3.8, 4) is 5.75 Å². The first-order chi connectivity index (χ1) is 5.24. The van der Waals surface area contributed by atoms with Crippen molar-refractivity contribution in [1.82, 2.24) is 0 Å². The van der Waals surface area contributed by atoms with E-state index < -0.39 is 5.56 Å². The Hall–Kier alpha value is -0.730. The molecule has 0 saturated carbocycles. The van der Waals surface area contributed by atoms with Gasteiger partial charge in [-0.2, -0.15) is 0 Å². The highest BCUT2D eigenvalue weighted by Gasteiger charge is 2.02.